The lowest BCUT2D eigenvalue weighted by Gasteiger charge is -2.17. The van der Waals surface area contributed by atoms with Gasteiger partial charge in [0.2, 0.25) is 0 Å². The van der Waals surface area contributed by atoms with E-state index in [9.17, 15) is 0 Å². The van der Waals surface area contributed by atoms with Crippen molar-refractivity contribution in [1.82, 2.24) is 15.3 Å². The van der Waals surface area contributed by atoms with Gasteiger partial charge < -0.3 is 10.2 Å². The molecular formula is C11H18N4. The zero-order chi connectivity index (χ0) is 10.7. The van der Waals surface area contributed by atoms with Crippen LogP contribution in [-0.4, -0.2) is 36.1 Å². The van der Waals surface area contributed by atoms with Gasteiger partial charge in [-0.2, -0.15) is 0 Å². The highest BCUT2D eigenvalue weighted by atomic mass is 15.2. The average molecular weight is 206 g/mol. The molecule has 1 aliphatic heterocycles. The zero-order valence-corrected chi connectivity index (χ0v) is 9.40. The molecule has 15 heavy (non-hydrogen) atoms. The first-order valence-electron chi connectivity index (χ1n) is 5.56. The van der Waals surface area contributed by atoms with Gasteiger partial charge in [-0.25, -0.2) is 9.97 Å². The second-order valence-corrected chi connectivity index (χ2v) is 3.94. The third-order valence-corrected chi connectivity index (χ3v) is 2.99. The molecule has 0 aliphatic carbocycles. The number of nitrogens with one attached hydrogen (secondary N) is 1. The van der Waals surface area contributed by atoms with Crippen LogP contribution in [0, 0.1) is 0 Å². The molecule has 0 saturated carbocycles. The Balaban J connectivity index is 2.09. The Hall–Kier alpha value is -1.16. The van der Waals surface area contributed by atoms with E-state index in [4.69, 9.17) is 0 Å². The summed E-state index contributed by atoms with van der Waals surface area (Å²) in [5.41, 5.74) is 1.12. The largest absolute Gasteiger partial charge is 0.355 e. The number of anilines is 1. The van der Waals surface area contributed by atoms with Gasteiger partial charge in [0, 0.05) is 30.9 Å². The Morgan fingerprint density at radius 3 is 3.07 bits per heavy atom. The molecule has 4 nitrogen and oxygen atoms in total. The second kappa shape index (κ2) is 4.57. The van der Waals surface area contributed by atoms with Crippen molar-refractivity contribution in [1.29, 1.82) is 0 Å². The highest BCUT2D eigenvalue weighted by Crippen LogP contribution is 2.17. The van der Waals surface area contributed by atoms with Gasteiger partial charge >= 0.3 is 0 Å². The molecule has 0 radical (unpaired) electrons. The lowest BCUT2D eigenvalue weighted by atomic mass is 10.3. The maximum Gasteiger partial charge on any atom is 0.132 e. The third-order valence-electron chi connectivity index (χ3n) is 2.99. The zero-order valence-electron chi connectivity index (χ0n) is 9.40. The van der Waals surface area contributed by atoms with Crippen LogP contribution in [0.4, 0.5) is 5.82 Å². The van der Waals surface area contributed by atoms with E-state index in [1.165, 1.54) is 6.42 Å². The van der Waals surface area contributed by atoms with Gasteiger partial charge in [-0.1, -0.05) is 6.92 Å². The van der Waals surface area contributed by atoms with Gasteiger partial charge in [-0.05, 0) is 19.9 Å². The number of hydrogen-bond acceptors (Lipinski definition) is 4. The fourth-order valence-corrected chi connectivity index (χ4v) is 1.96. The molecule has 0 aromatic carbocycles. The fraction of sp³-hybridized carbons (Fsp3) is 0.636. The minimum absolute atomic E-state index is 0.602. The first-order chi connectivity index (χ1) is 7.33. The quantitative estimate of drug-likeness (QED) is 0.795. The molecule has 1 aliphatic rings. The molecule has 1 fully saturated rings. The Labute approximate surface area is 90.7 Å². The standard InChI is InChI=1S/C11H18N4/c1-3-9-6-11(14-8-13-9)15-5-4-10(7-15)12-2/h6,8,10,12H,3-5,7H2,1-2H3/t10-/m1/s1. The smallest absolute Gasteiger partial charge is 0.132 e. The van der Waals surface area contributed by atoms with Crippen LogP contribution in [0.5, 0.6) is 0 Å². The number of likely N-dealkylation sites (N-methyl/N-ethyl adjacent to an activating group) is 1. The highest BCUT2D eigenvalue weighted by Gasteiger charge is 2.21. The Kier molecular flexibility index (Phi) is 3.16. The van der Waals surface area contributed by atoms with Gasteiger partial charge in [0.25, 0.3) is 0 Å². The van der Waals surface area contributed by atoms with E-state index in [0.717, 1.165) is 31.0 Å². The van der Waals surface area contributed by atoms with Gasteiger partial charge in [0.15, 0.2) is 0 Å². The van der Waals surface area contributed by atoms with E-state index in [-0.39, 0.29) is 0 Å². The lowest BCUT2D eigenvalue weighted by Crippen LogP contribution is -2.29. The molecule has 1 atom stereocenters. The van der Waals surface area contributed by atoms with Crippen molar-refractivity contribution in [3.63, 3.8) is 0 Å². The minimum atomic E-state index is 0.602. The summed E-state index contributed by atoms with van der Waals surface area (Å²) < 4.78 is 0. The van der Waals surface area contributed by atoms with Crippen molar-refractivity contribution in [2.75, 3.05) is 25.0 Å². The second-order valence-electron chi connectivity index (χ2n) is 3.94. The van der Waals surface area contributed by atoms with Crippen LogP contribution in [0.25, 0.3) is 0 Å². The summed E-state index contributed by atoms with van der Waals surface area (Å²) in [6, 6.07) is 2.70. The molecule has 82 valence electrons. The van der Waals surface area contributed by atoms with Crippen molar-refractivity contribution < 1.29 is 0 Å². The normalized spacial score (nSPS) is 20.9. The number of hydrogen-bond donors (Lipinski definition) is 1. The van der Waals surface area contributed by atoms with E-state index in [1.807, 2.05) is 7.05 Å². The summed E-state index contributed by atoms with van der Waals surface area (Å²) in [7, 11) is 2.02. The summed E-state index contributed by atoms with van der Waals surface area (Å²) in [6.45, 7) is 4.26. The maximum absolute atomic E-state index is 4.33. The molecule has 0 unspecified atom stereocenters. The minimum Gasteiger partial charge on any atom is -0.355 e. The first-order valence-corrected chi connectivity index (χ1v) is 5.56. The SMILES string of the molecule is CCc1cc(N2CC[C@@H](NC)C2)ncn1. The summed E-state index contributed by atoms with van der Waals surface area (Å²) in [5, 5.41) is 3.31. The van der Waals surface area contributed by atoms with E-state index < -0.39 is 0 Å². The summed E-state index contributed by atoms with van der Waals surface area (Å²) >= 11 is 0. The molecule has 1 saturated heterocycles. The Morgan fingerprint density at radius 1 is 1.53 bits per heavy atom. The lowest BCUT2D eigenvalue weighted by molar-refractivity contribution is 0.616. The number of rotatable bonds is 3. The van der Waals surface area contributed by atoms with Crippen molar-refractivity contribution in [2.24, 2.45) is 0 Å². The van der Waals surface area contributed by atoms with E-state index in [0.29, 0.717) is 6.04 Å². The number of nitrogens with zero attached hydrogens (tertiary/aromatic N) is 3. The average Bonchev–Trinajstić information content (AvgIpc) is 2.78. The topological polar surface area (TPSA) is 41.0 Å². The van der Waals surface area contributed by atoms with Crippen LogP contribution in [0.3, 0.4) is 0 Å². The molecule has 4 heteroatoms. The molecule has 0 amide bonds. The van der Waals surface area contributed by atoms with Gasteiger partial charge in [0.1, 0.15) is 12.1 Å². The molecule has 2 rings (SSSR count). The predicted molar refractivity (Wildman–Crippen MR) is 61.1 cm³/mol. The van der Waals surface area contributed by atoms with Crippen molar-refractivity contribution in [3.8, 4) is 0 Å². The van der Waals surface area contributed by atoms with Crippen LogP contribution in [0.1, 0.15) is 19.0 Å². The van der Waals surface area contributed by atoms with Crippen LogP contribution in [0.15, 0.2) is 12.4 Å². The number of aryl methyl sites for hydroxylation is 1. The number of aromatic nitrogens is 2. The monoisotopic (exact) mass is 206 g/mol. The first kappa shape index (κ1) is 10.4. The van der Waals surface area contributed by atoms with Crippen LogP contribution in [0.2, 0.25) is 0 Å². The summed E-state index contributed by atoms with van der Waals surface area (Å²) in [4.78, 5) is 10.9. The summed E-state index contributed by atoms with van der Waals surface area (Å²) in [6.07, 6.45) is 3.83. The molecule has 1 aromatic rings. The van der Waals surface area contributed by atoms with Gasteiger partial charge in [0.05, 0.1) is 0 Å². The van der Waals surface area contributed by atoms with Crippen molar-refractivity contribution in [3.05, 3.63) is 18.1 Å². The van der Waals surface area contributed by atoms with Crippen molar-refractivity contribution in [2.45, 2.75) is 25.8 Å². The van der Waals surface area contributed by atoms with E-state index in [2.05, 4.69) is 33.2 Å². The van der Waals surface area contributed by atoms with E-state index in [1.54, 1.807) is 6.33 Å². The van der Waals surface area contributed by atoms with Crippen LogP contribution >= 0.6 is 0 Å². The molecule has 1 aromatic heterocycles. The summed E-state index contributed by atoms with van der Waals surface area (Å²) in [5.74, 6) is 1.07. The fourth-order valence-electron chi connectivity index (χ4n) is 1.96. The highest BCUT2D eigenvalue weighted by molar-refractivity contribution is 5.40. The van der Waals surface area contributed by atoms with E-state index >= 15 is 0 Å². The molecule has 0 bridgehead atoms. The maximum atomic E-state index is 4.33. The van der Waals surface area contributed by atoms with Crippen LogP contribution < -0.4 is 10.2 Å². The molecular weight excluding hydrogens is 188 g/mol. The molecule has 2 heterocycles. The van der Waals surface area contributed by atoms with Crippen LogP contribution in [-0.2, 0) is 6.42 Å². The molecule has 1 N–H and O–H groups in total. The Bertz CT molecular complexity index is 326. The predicted octanol–water partition coefficient (Wildman–Crippen LogP) is 0.837. The van der Waals surface area contributed by atoms with Gasteiger partial charge in [-0.15, -0.1) is 0 Å². The van der Waals surface area contributed by atoms with Crippen molar-refractivity contribution >= 4 is 5.82 Å². The third kappa shape index (κ3) is 2.26. The van der Waals surface area contributed by atoms with Gasteiger partial charge in [-0.3, -0.25) is 0 Å². The molecule has 0 spiro atoms. The Morgan fingerprint density at radius 2 is 2.40 bits per heavy atom.